The minimum absolute atomic E-state index is 0.0271. The van der Waals surface area contributed by atoms with Crippen molar-refractivity contribution in [3.8, 4) is 0 Å². The highest BCUT2D eigenvalue weighted by atomic mass is 32.2. The Bertz CT molecular complexity index is 1080. The lowest BCUT2D eigenvalue weighted by molar-refractivity contribution is -0.119. The lowest BCUT2D eigenvalue weighted by Gasteiger charge is -2.48. The van der Waals surface area contributed by atoms with Crippen molar-refractivity contribution in [2.75, 3.05) is 19.6 Å². The lowest BCUT2D eigenvalue weighted by Crippen LogP contribution is -2.52. The van der Waals surface area contributed by atoms with E-state index >= 15 is 0 Å². The molecule has 0 saturated carbocycles. The predicted octanol–water partition coefficient (Wildman–Crippen LogP) is 5.55. The molecule has 1 aliphatic heterocycles. The first kappa shape index (κ1) is 27.4. The number of hydrogen-bond acceptors (Lipinski definition) is 3. The normalized spacial score (nSPS) is 21.6. The summed E-state index contributed by atoms with van der Waals surface area (Å²) in [6.45, 7) is 11.8. The van der Waals surface area contributed by atoms with Gasteiger partial charge in [0.25, 0.3) is 0 Å². The van der Waals surface area contributed by atoms with Gasteiger partial charge in [-0.25, -0.2) is 8.42 Å². The first-order chi connectivity index (χ1) is 16.5. The van der Waals surface area contributed by atoms with E-state index in [9.17, 15) is 13.2 Å². The smallest absolute Gasteiger partial charge is 0.243 e. The van der Waals surface area contributed by atoms with Gasteiger partial charge >= 0.3 is 0 Å². The maximum atomic E-state index is 13.8. The number of carbonyl (C=O) groups excluding carboxylic acids is 1. The van der Waals surface area contributed by atoms with Crippen LogP contribution < -0.4 is 5.32 Å². The Hall–Kier alpha value is -2.18. The average molecular weight is 499 g/mol. The molecule has 2 aromatic rings. The van der Waals surface area contributed by atoms with Crippen LogP contribution in [0.3, 0.4) is 0 Å². The van der Waals surface area contributed by atoms with Gasteiger partial charge < -0.3 is 5.32 Å². The number of sulfonamides is 1. The number of carbonyl (C=O) groups is 1. The molecule has 1 N–H and O–H groups in total. The molecule has 1 saturated heterocycles. The van der Waals surface area contributed by atoms with Crippen molar-refractivity contribution in [3.05, 3.63) is 65.7 Å². The molecule has 1 amide bonds. The van der Waals surface area contributed by atoms with Crippen LogP contribution in [0.4, 0.5) is 0 Å². The monoisotopic (exact) mass is 498 g/mol. The second kappa shape index (κ2) is 11.3. The summed E-state index contributed by atoms with van der Waals surface area (Å²) in [6.07, 6.45) is 4.40. The molecule has 1 fully saturated rings. The Balaban J connectivity index is 1.91. The third kappa shape index (κ3) is 6.73. The van der Waals surface area contributed by atoms with Crippen molar-refractivity contribution in [2.24, 2.45) is 11.3 Å². The fraction of sp³-hybridized carbons (Fsp3) is 0.552. The summed E-state index contributed by atoms with van der Waals surface area (Å²) >= 11 is 0. The lowest BCUT2D eigenvalue weighted by atomic mass is 9.64. The molecule has 0 unspecified atom stereocenters. The minimum Gasteiger partial charge on any atom is -0.356 e. The summed E-state index contributed by atoms with van der Waals surface area (Å²) < 4.78 is 29.3. The van der Waals surface area contributed by atoms with Crippen molar-refractivity contribution in [1.82, 2.24) is 9.62 Å². The van der Waals surface area contributed by atoms with Crippen LogP contribution >= 0.6 is 0 Å². The van der Waals surface area contributed by atoms with E-state index in [0.717, 1.165) is 37.7 Å². The molecule has 192 valence electrons. The van der Waals surface area contributed by atoms with Gasteiger partial charge in [-0.2, -0.15) is 4.31 Å². The highest BCUT2D eigenvalue weighted by Crippen LogP contribution is 2.45. The molecule has 6 heteroatoms. The molecule has 2 atom stereocenters. The Morgan fingerprint density at radius 2 is 1.74 bits per heavy atom. The van der Waals surface area contributed by atoms with Gasteiger partial charge in [-0.15, -0.1) is 0 Å². The molecule has 0 aromatic heterocycles. The fourth-order valence-electron chi connectivity index (χ4n) is 5.56. The summed E-state index contributed by atoms with van der Waals surface area (Å²) in [5, 5.41) is 2.91. The topological polar surface area (TPSA) is 66.5 Å². The number of benzene rings is 2. The Kier molecular flexibility index (Phi) is 8.81. The van der Waals surface area contributed by atoms with E-state index in [2.05, 4.69) is 57.3 Å². The largest absolute Gasteiger partial charge is 0.356 e. The Morgan fingerprint density at radius 3 is 2.31 bits per heavy atom. The second-order valence-electron chi connectivity index (χ2n) is 11.1. The predicted molar refractivity (Wildman–Crippen MR) is 143 cm³/mol. The molecule has 0 bridgehead atoms. The maximum Gasteiger partial charge on any atom is 0.243 e. The zero-order chi connectivity index (χ0) is 25.7. The second-order valence-corrected chi connectivity index (χ2v) is 13.1. The number of nitrogens with one attached hydrogen (secondary N) is 1. The van der Waals surface area contributed by atoms with Crippen molar-refractivity contribution in [3.63, 3.8) is 0 Å². The molecular formula is C29H42N2O3S. The van der Waals surface area contributed by atoms with Gasteiger partial charge in [0.05, 0.1) is 4.90 Å². The molecule has 0 spiro atoms. The van der Waals surface area contributed by atoms with Crippen LogP contribution in [0.5, 0.6) is 0 Å². The fourth-order valence-corrected chi connectivity index (χ4v) is 7.11. The van der Waals surface area contributed by atoms with Gasteiger partial charge in [0.1, 0.15) is 0 Å². The SMILES string of the molecule is CC[C@@H]1CCN(S(=O)(=O)c2ccc(C(C)(C)C)cc2)C[C@]1(CCCNC(C)=O)Cc1ccccc1. The molecule has 3 rings (SSSR count). The van der Waals surface area contributed by atoms with E-state index in [1.165, 1.54) is 12.5 Å². The van der Waals surface area contributed by atoms with Crippen molar-refractivity contribution in [1.29, 1.82) is 0 Å². The van der Waals surface area contributed by atoms with Crippen molar-refractivity contribution < 1.29 is 13.2 Å². The molecule has 1 aliphatic rings. The van der Waals surface area contributed by atoms with E-state index in [1.54, 1.807) is 16.4 Å². The molecule has 1 heterocycles. The molecule has 0 radical (unpaired) electrons. The molecule has 2 aromatic carbocycles. The van der Waals surface area contributed by atoms with E-state index in [-0.39, 0.29) is 16.7 Å². The van der Waals surface area contributed by atoms with Crippen LogP contribution in [0, 0.1) is 11.3 Å². The van der Waals surface area contributed by atoms with Gasteiger partial charge in [-0.05, 0) is 65.7 Å². The Labute approximate surface area is 212 Å². The van der Waals surface area contributed by atoms with Crippen LogP contribution in [0.25, 0.3) is 0 Å². The van der Waals surface area contributed by atoms with Crippen LogP contribution in [-0.4, -0.2) is 38.3 Å². The summed E-state index contributed by atoms with van der Waals surface area (Å²) in [4.78, 5) is 11.8. The van der Waals surface area contributed by atoms with Crippen molar-refractivity contribution in [2.45, 2.75) is 77.0 Å². The minimum atomic E-state index is -3.60. The zero-order valence-corrected chi connectivity index (χ0v) is 22.8. The van der Waals surface area contributed by atoms with Gasteiger partial charge in [-0.1, -0.05) is 76.6 Å². The Morgan fingerprint density at radius 1 is 1.09 bits per heavy atom. The number of piperidine rings is 1. The first-order valence-corrected chi connectivity index (χ1v) is 14.3. The quantitative estimate of drug-likeness (QED) is 0.461. The van der Waals surface area contributed by atoms with E-state index in [4.69, 9.17) is 0 Å². The highest BCUT2D eigenvalue weighted by Gasteiger charge is 2.45. The summed E-state index contributed by atoms with van der Waals surface area (Å²) in [5.41, 5.74) is 2.16. The van der Waals surface area contributed by atoms with Crippen LogP contribution in [0.15, 0.2) is 59.5 Å². The highest BCUT2D eigenvalue weighted by molar-refractivity contribution is 7.89. The third-order valence-corrected chi connectivity index (χ3v) is 9.42. The summed E-state index contributed by atoms with van der Waals surface area (Å²) in [6, 6.07) is 17.8. The van der Waals surface area contributed by atoms with Gasteiger partial charge in [0, 0.05) is 26.6 Å². The van der Waals surface area contributed by atoms with Crippen LogP contribution in [0.1, 0.15) is 71.4 Å². The summed E-state index contributed by atoms with van der Waals surface area (Å²) in [5.74, 6) is 0.399. The number of rotatable bonds is 9. The van der Waals surface area contributed by atoms with Crippen molar-refractivity contribution >= 4 is 15.9 Å². The van der Waals surface area contributed by atoms with Gasteiger partial charge in [0.15, 0.2) is 0 Å². The third-order valence-electron chi connectivity index (χ3n) is 7.56. The number of amides is 1. The molecule has 5 nitrogen and oxygen atoms in total. The van der Waals surface area contributed by atoms with Crippen LogP contribution in [-0.2, 0) is 26.7 Å². The van der Waals surface area contributed by atoms with E-state index in [0.29, 0.717) is 30.4 Å². The van der Waals surface area contributed by atoms with Crippen LogP contribution in [0.2, 0.25) is 0 Å². The first-order valence-electron chi connectivity index (χ1n) is 12.9. The van der Waals surface area contributed by atoms with E-state index < -0.39 is 10.0 Å². The molecule has 35 heavy (non-hydrogen) atoms. The maximum absolute atomic E-state index is 13.8. The van der Waals surface area contributed by atoms with E-state index in [1.807, 2.05) is 18.2 Å². The average Bonchev–Trinajstić information content (AvgIpc) is 2.82. The van der Waals surface area contributed by atoms with Gasteiger partial charge in [0.2, 0.25) is 15.9 Å². The molecule has 0 aliphatic carbocycles. The number of nitrogens with zero attached hydrogens (tertiary/aromatic N) is 1. The number of hydrogen-bond donors (Lipinski definition) is 1. The molecular weight excluding hydrogens is 456 g/mol. The standard InChI is InChI=1S/C29H42N2O3S/c1-6-25-17-20-31(35(33,34)27-15-13-26(14-16-27)28(3,4)5)22-29(25,18-10-19-30-23(2)32)21-24-11-8-7-9-12-24/h7-9,11-16,25H,6,10,17-22H2,1-5H3,(H,30,32)/t25-,29+/m1/s1. The van der Waals surface area contributed by atoms with Gasteiger partial charge in [-0.3, -0.25) is 4.79 Å². The zero-order valence-electron chi connectivity index (χ0n) is 22.0. The summed E-state index contributed by atoms with van der Waals surface area (Å²) in [7, 11) is -3.60.